The van der Waals surface area contributed by atoms with Crippen LogP contribution in [0.15, 0.2) is 18.2 Å². The molecule has 0 saturated heterocycles. The van der Waals surface area contributed by atoms with Gasteiger partial charge in [-0.25, -0.2) is 0 Å². The number of anilines is 2. The molecule has 0 unspecified atom stereocenters. The molecule has 1 saturated carbocycles. The number of hydrogen-bond acceptors (Lipinski definition) is 2. The number of hydrogen-bond donors (Lipinski definition) is 1. The van der Waals surface area contributed by atoms with Crippen molar-refractivity contribution in [3.63, 3.8) is 0 Å². The highest BCUT2D eigenvalue weighted by Crippen LogP contribution is 2.31. The number of carbonyl (C=O) groups is 1. The van der Waals surface area contributed by atoms with Crippen LogP contribution in [-0.2, 0) is 11.2 Å². The Balaban J connectivity index is 1.64. The fourth-order valence-corrected chi connectivity index (χ4v) is 3.54. The summed E-state index contributed by atoms with van der Waals surface area (Å²) in [7, 11) is 0. The van der Waals surface area contributed by atoms with Gasteiger partial charge in [0, 0.05) is 30.9 Å². The van der Waals surface area contributed by atoms with Crippen LogP contribution < -0.4 is 10.2 Å². The smallest absolute Gasteiger partial charge is 0.224 e. The number of nitrogens with zero attached hydrogens (tertiary/aromatic N) is 1. The zero-order valence-corrected chi connectivity index (χ0v) is 12.3. The van der Waals surface area contributed by atoms with E-state index in [-0.39, 0.29) is 5.91 Å². The third-order valence-electron chi connectivity index (χ3n) is 4.69. The monoisotopic (exact) mass is 272 g/mol. The summed E-state index contributed by atoms with van der Waals surface area (Å²) >= 11 is 0. The molecule has 0 radical (unpaired) electrons. The number of carbonyl (C=O) groups excluding carboxylic acids is 1. The highest BCUT2D eigenvalue weighted by molar-refractivity contribution is 5.91. The Bertz CT molecular complexity index is 492. The van der Waals surface area contributed by atoms with Gasteiger partial charge in [-0.2, -0.15) is 0 Å². The molecule has 1 amide bonds. The maximum Gasteiger partial charge on any atom is 0.224 e. The lowest BCUT2D eigenvalue weighted by Gasteiger charge is -2.17. The summed E-state index contributed by atoms with van der Waals surface area (Å²) in [4.78, 5) is 14.5. The van der Waals surface area contributed by atoms with Crippen molar-refractivity contribution in [3.8, 4) is 0 Å². The summed E-state index contributed by atoms with van der Waals surface area (Å²) in [6, 6.07) is 6.35. The van der Waals surface area contributed by atoms with Crippen molar-refractivity contribution in [1.82, 2.24) is 0 Å². The minimum Gasteiger partial charge on any atom is -0.371 e. The molecule has 108 valence electrons. The second-order valence-corrected chi connectivity index (χ2v) is 6.08. The summed E-state index contributed by atoms with van der Waals surface area (Å²) in [5, 5.41) is 3.08. The van der Waals surface area contributed by atoms with E-state index in [1.165, 1.54) is 36.9 Å². The van der Waals surface area contributed by atoms with Crippen molar-refractivity contribution >= 4 is 17.3 Å². The molecule has 0 spiro atoms. The standard InChI is InChI=1S/C17H24N2O/c1-2-19-10-9-14-7-8-15(12-16(14)19)18-17(20)11-13-5-3-4-6-13/h7-8,12-13H,2-6,9-11H2,1H3,(H,18,20). The lowest BCUT2D eigenvalue weighted by Crippen LogP contribution is -2.19. The van der Waals surface area contributed by atoms with Crippen molar-refractivity contribution < 1.29 is 4.79 Å². The van der Waals surface area contributed by atoms with E-state index in [4.69, 9.17) is 0 Å². The summed E-state index contributed by atoms with van der Waals surface area (Å²) in [5.41, 5.74) is 3.65. The van der Waals surface area contributed by atoms with Gasteiger partial charge in [0.15, 0.2) is 0 Å². The molecule has 20 heavy (non-hydrogen) atoms. The Labute approximate surface area is 121 Å². The van der Waals surface area contributed by atoms with Crippen LogP contribution >= 0.6 is 0 Å². The Morgan fingerprint density at radius 1 is 1.35 bits per heavy atom. The summed E-state index contributed by atoms with van der Waals surface area (Å²) in [5.74, 6) is 0.787. The molecule has 1 aromatic rings. The van der Waals surface area contributed by atoms with Gasteiger partial charge in [-0.15, -0.1) is 0 Å². The van der Waals surface area contributed by atoms with E-state index in [1.807, 2.05) is 6.07 Å². The summed E-state index contributed by atoms with van der Waals surface area (Å²) < 4.78 is 0. The number of benzene rings is 1. The predicted octanol–water partition coefficient (Wildman–Crippen LogP) is 3.59. The Morgan fingerprint density at radius 2 is 2.15 bits per heavy atom. The largest absolute Gasteiger partial charge is 0.371 e. The average Bonchev–Trinajstić information content (AvgIpc) is 3.07. The van der Waals surface area contributed by atoms with E-state index in [1.54, 1.807) is 0 Å². The van der Waals surface area contributed by atoms with Crippen molar-refractivity contribution in [2.75, 3.05) is 23.3 Å². The highest BCUT2D eigenvalue weighted by Gasteiger charge is 2.20. The molecule has 1 fully saturated rings. The molecule has 0 atom stereocenters. The Morgan fingerprint density at radius 3 is 2.90 bits per heavy atom. The third-order valence-corrected chi connectivity index (χ3v) is 4.69. The van der Waals surface area contributed by atoms with Crippen LogP contribution in [0.4, 0.5) is 11.4 Å². The zero-order chi connectivity index (χ0) is 13.9. The molecule has 2 aliphatic rings. The first-order valence-corrected chi connectivity index (χ1v) is 7.94. The molecule has 0 aromatic heterocycles. The molecule has 1 N–H and O–H groups in total. The molecule has 3 nitrogen and oxygen atoms in total. The van der Waals surface area contributed by atoms with Crippen LogP contribution in [0.25, 0.3) is 0 Å². The van der Waals surface area contributed by atoms with Gasteiger partial charge in [0.2, 0.25) is 5.91 Å². The van der Waals surface area contributed by atoms with E-state index in [9.17, 15) is 4.79 Å². The van der Waals surface area contributed by atoms with Gasteiger partial charge < -0.3 is 10.2 Å². The number of likely N-dealkylation sites (N-methyl/N-ethyl adjacent to an activating group) is 1. The third kappa shape index (κ3) is 2.82. The fraction of sp³-hybridized carbons (Fsp3) is 0.588. The van der Waals surface area contributed by atoms with E-state index in [0.29, 0.717) is 12.3 Å². The molecule has 1 heterocycles. The first-order valence-electron chi connectivity index (χ1n) is 7.94. The molecular formula is C17H24N2O. The van der Waals surface area contributed by atoms with Crippen LogP contribution in [-0.4, -0.2) is 19.0 Å². The van der Waals surface area contributed by atoms with Gasteiger partial charge in [0.25, 0.3) is 0 Å². The lowest BCUT2D eigenvalue weighted by atomic mass is 10.0. The van der Waals surface area contributed by atoms with E-state index >= 15 is 0 Å². The molecule has 1 aliphatic carbocycles. The van der Waals surface area contributed by atoms with Crippen molar-refractivity contribution in [3.05, 3.63) is 23.8 Å². The van der Waals surface area contributed by atoms with Crippen molar-refractivity contribution in [1.29, 1.82) is 0 Å². The number of amides is 1. The zero-order valence-electron chi connectivity index (χ0n) is 12.3. The quantitative estimate of drug-likeness (QED) is 0.908. The molecule has 1 aromatic carbocycles. The number of fused-ring (bicyclic) bond motifs is 1. The minimum absolute atomic E-state index is 0.179. The van der Waals surface area contributed by atoms with Crippen molar-refractivity contribution in [2.45, 2.75) is 45.4 Å². The molecule has 3 heteroatoms. The fourth-order valence-electron chi connectivity index (χ4n) is 3.54. The van der Waals surface area contributed by atoms with Gasteiger partial charge in [-0.1, -0.05) is 18.9 Å². The number of rotatable bonds is 4. The molecular weight excluding hydrogens is 248 g/mol. The van der Waals surface area contributed by atoms with E-state index < -0.39 is 0 Å². The van der Waals surface area contributed by atoms with Crippen LogP contribution in [0.5, 0.6) is 0 Å². The molecule has 0 bridgehead atoms. The highest BCUT2D eigenvalue weighted by atomic mass is 16.1. The van der Waals surface area contributed by atoms with Gasteiger partial charge in [0.1, 0.15) is 0 Å². The normalized spacial score (nSPS) is 18.4. The van der Waals surface area contributed by atoms with E-state index in [2.05, 4.69) is 29.3 Å². The van der Waals surface area contributed by atoms with Gasteiger partial charge in [-0.3, -0.25) is 4.79 Å². The SMILES string of the molecule is CCN1CCc2ccc(NC(=O)CC3CCCC3)cc21. The molecule has 3 rings (SSSR count). The van der Waals surface area contributed by atoms with Gasteiger partial charge in [0.05, 0.1) is 0 Å². The first kappa shape index (κ1) is 13.5. The molecule has 1 aliphatic heterocycles. The Hall–Kier alpha value is -1.51. The lowest BCUT2D eigenvalue weighted by molar-refractivity contribution is -0.117. The van der Waals surface area contributed by atoms with Gasteiger partial charge in [-0.05, 0) is 49.8 Å². The topological polar surface area (TPSA) is 32.3 Å². The van der Waals surface area contributed by atoms with Crippen molar-refractivity contribution in [2.24, 2.45) is 5.92 Å². The second-order valence-electron chi connectivity index (χ2n) is 6.08. The summed E-state index contributed by atoms with van der Waals surface area (Å²) in [6.45, 7) is 4.32. The van der Waals surface area contributed by atoms with Gasteiger partial charge >= 0.3 is 0 Å². The predicted molar refractivity (Wildman–Crippen MR) is 83.2 cm³/mol. The maximum absolute atomic E-state index is 12.1. The first-order chi connectivity index (χ1) is 9.76. The minimum atomic E-state index is 0.179. The van der Waals surface area contributed by atoms with Crippen LogP contribution in [0.1, 0.15) is 44.6 Å². The summed E-state index contributed by atoms with van der Waals surface area (Å²) in [6.07, 6.45) is 6.85. The second kappa shape index (κ2) is 5.86. The van der Waals surface area contributed by atoms with E-state index in [0.717, 1.165) is 25.2 Å². The van der Waals surface area contributed by atoms with Crippen LogP contribution in [0.2, 0.25) is 0 Å². The average molecular weight is 272 g/mol. The van der Waals surface area contributed by atoms with Crippen LogP contribution in [0.3, 0.4) is 0 Å². The number of nitrogens with one attached hydrogen (secondary N) is 1. The maximum atomic E-state index is 12.1. The van der Waals surface area contributed by atoms with Crippen LogP contribution in [0, 0.1) is 5.92 Å². The Kier molecular flexibility index (Phi) is 3.95.